The molecule has 0 atom stereocenters. The Morgan fingerprint density at radius 2 is 1.91 bits per heavy atom. The highest BCUT2D eigenvalue weighted by Gasteiger charge is 2.30. The standard InChI is InChI=1S/C21H21F3N6O3/c22-21(23,24)13-30-20(32)29-7-4-15(11-17(29)26-30)28-8-9-33-16-10-14(12-25-18(16)28)19(31)27-5-2-1-3-6-27/h4,7,10-12H,1-3,5-6,8-9,13H2. The Labute approximate surface area is 186 Å². The fraction of sp³-hybridized carbons (Fsp3) is 0.429. The molecule has 3 aromatic rings. The number of ether oxygens (including phenoxy) is 1. The number of halogens is 3. The SMILES string of the molecule is O=C(c1cnc2c(c1)OCCN2c1ccn2c(=O)n(CC(F)(F)F)nc2c1)N1CCCCC1. The molecule has 1 saturated heterocycles. The number of hydrogen-bond acceptors (Lipinski definition) is 6. The predicted octanol–water partition coefficient (Wildman–Crippen LogP) is 2.61. The number of amides is 1. The van der Waals surface area contributed by atoms with Crippen molar-refractivity contribution in [3.8, 4) is 5.75 Å². The highest BCUT2D eigenvalue weighted by molar-refractivity contribution is 5.95. The molecule has 0 saturated carbocycles. The first-order valence-electron chi connectivity index (χ1n) is 10.7. The van der Waals surface area contributed by atoms with Crippen LogP contribution in [0.25, 0.3) is 5.65 Å². The molecule has 0 bridgehead atoms. The minimum atomic E-state index is -4.55. The lowest BCUT2D eigenvalue weighted by Gasteiger charge is -2.31. The zero-order chi connectivity index (χ0) is 23.2. The van der Waals surface area contributed by atoms with Gasteiger partial charge < -0.3 is 14.5 Å². The predicted molar refractivity (Wildman–Crippen MR) is 112 cm³/mol. The Morgan fingerprint density at radius 1 is 1.12 bits per heavy atom. The summed E-state index contributed by atoms with van der Waals surface area (Å²) in [4.78, 5) is 33.1. The first-order valence-corrected chi connectivity index (χ1v) is 10.7. The molecule has 0 spiro atoms. The summed E-state index contributed by atoms with van der Waals surface area (Å²) in [5.41, 5.74) is 0.270. The van der Waals surface area contributed by atoms with Crippen LogP contribution in [0, 0.1) is 0 Å². The third-order valence-corrected chi connectivity index (χ3v) is 5.76. The molecule has 2 aliphatic heterocycles. The van der Waals surface area contributed by atoms with Crippen molar-refractivity contribution in [2.75, 3.05) is 31.1 Å². The van der Waals surface area contributed by atoms with Crippen molar-refractivity contribution in [1.82, 2.24) is 24.1 Å². The minimum Gasteiger partial charge on any atom is -0.488 e. The number of carbonyl (C=O) groups is 1. The number of nitrogens with zero attached hydrogens (tertiary/aromatic N) is 6. The summed E-state index contributed by atoms with van der Waals surface area (Å²) in [7, 11) is 0. The third kappa shape index (κ3) is 4.12. The molecule has 0 aliphatic carbocycles. The van der Waals surface area contributed by atoms with E-state index in [0.717, 1.165) is 36.8 Å². The second-order valence-corrected chi connectivity index (χ2v) is 8.07. The second kappa shape index (κ2) is 8.09. The zero-order valence-electron chi connectivity index (χ0n) is 17.6. The van der Waals surface area contributed by atoms with Crippen LogP contribution in [-0.2, 0) is 6.54 Å². The average Bonchev–Trinajstić information content (AvgIpc) is 3.11. The van der Waals surface area contributed by atoms with Crippen LogP contribution in [0.2, 0.25) is 0 Å². The Hall–Kier alpha value is -3.57. The molecule has 0 radical (unpaired) electrons. The van der Waals surface area contributed by atoms with Gasteiger partial charge in [-0.1, -0.05) is 0 Å². The van der Waals surface area contributed by atoms with Gasteiger partial charge in [-0.2, -0.15) is 13.2 Å². The van der Waals surface area contributed by atoms with Crippen LogP contribution in [0.3, 0.4) is 0 Å². The molecule has 1 fully saturated rings. The maximum Gasteiger partial charge on any atom is 0.408 e. The van der Waals surface area contributed by atoms with E-state index in [0.29, 0.717) is 40.7 Å². The molecule has 5 heterocycles. The number of carbonyl (C=O) groups excluding carboxylic acids is 1. The summed E-state index contributed by atoms with van der Waals surface area (Å²) in [5, 5.41) is 3.82. The van der Waals surface area contributed by atoms with Gasteiger partial charge in [-0.05, 0) is 31.4 Å². The Balaban J connectivity index is 1.45. The quantitative estimate of drug-likeness (QED) is 0.595. The summed E-state index contributed by atoms with van der Waals surface area (Å²) in [6, 6.07) is 4.81. The van der Waals surface area contributed by atoms with Gasteiger partial charge in [0.1, 0.15) is 13.2 Å². The summed E-state index contributed by atoms with van der Waals surface area (Å²) in [5.74, 6) is 0.851. The van der Waals surface area contributed by atoms with E-state index in [1.807, 2.05) is 9.80 Å². The number of piperidine rings is 1. The molecule has 0 N–H and O–H groups in total. The van der Waals surface area contributed by atoms with Gasteiger partial charge in [0.05, 0.1) is 12.1 Å². The monoisotopic (exact) mass is 462 g/mol. The molecule has 5 rings (SSSR count). The number of rotatable bonds is 3. The molecule has 0 aromatic carbocycles. The molecule has 33 heavy (non-hydrogen) atoms. The molecule has 12 heteroatoms. The van der Waals surface area contributed by atoms with E-state index < -0.39 is 18.4 Å². The van der Waals surface area contributed by atoms with Crippen LogP contribution >= 0.6 is 0 Å². The molecule has 1 amide bonds. The summed E-state index contributed by atoms with van der Waals surface area (Å²) in [6.07, 6.45) is 1.43. The van der Waals surface area contributed by atoms with Gasteiger partial charge in [-0.25, -0.2) is 14.5 Å². The first-order chi connectivity index (χ1) is 15.8. The minimum absolute atomic E-state index is 0.0817. The van der Waals surface area contributed by atoms with Gasteiger partial charge in [-0.3, -0.25) is 9.20 Å². The van der Waals surface area contributed by atoms with E-state index in [-0.39, 0.29) is 11.6 Å². The maximum absolute atomic E-state index is 12.8. The molecular formula is C21H21F3N6O3. The summed E-state index contributed by atoms with van der Waals surface area (Å²) in [6.45, 7) is 0.755. The maximum atomic E-state index is 12.8. The van der Waals surface area contributed by atoms with Crippen LogP contribution in [0.1, 0.15) is 29.6 Å². The number of anilines is 2. The average molecular weight is 462 g/mol. The van der Waals surface area contributed by atoms with Crippen molar-refractivity contribution in [3.63, 3.8) is 0 Å². The van der Waals surface area contributed by atoms with Gasteiger partial charge in [0, 0.05) is 37.2 Å². The highest BCUT2D eigenvalue weighted by Crippen LogP contribution is 2.35. The van der Waals surface area contributed by atoms with E-state index in [1.54, 1.807) is 12.1 Å². The van der Waals surface area contributed by atoms with Crippen LogP contribution in [0.4, 0.5) is 24.7 Å². The fourth-order valence-electron chi connectivity index (χ4n) is 4.19. The van der Waals surface area contributed by atoms with E-state index in [1.165, 1.54) is 18.5 Å². The van der Waals surface area contributed by atoms with E-state index in [2.05, 4.69) is 10.1 Å². The fourth-order valence-corrected chi connectivity index (χ4v) is 4.19. The largest absolute Gasteiger partial charge is 0.488 e. The topological polar surface area (TPSA) is 85.0 Å². The number of fused-ring (bicyclic) bond motifs is 2. The van der Waals surface area contributed by atoms with Gasteiger partial charge in [0.2, 0.25) is 0 Å². The number of pyridine rings is 2. The summed E-state index contributed by atoms with van der Waals surface area (Å²) >= 11 is 0. The number of hydrogen-bond donors (Lipinski definition) is 0. The lowest BCUT2D eigenvalue weighted by atomic mass is 10.1. The Kier molecular flexibility index (Phi) is 5.22. The van der Waals surface area contributed by atoms with Gasteiger partial charge in [-0.15, -0.1) is 5.10 Å². The van der Waals surface area contributed by atoms with Gasteiger partial charge in [0.15, 0.2) is 17.2 Å². The van der Waals surface area contributed by atoms with Crippen LogP contribution in [0.15, 0.2) is 35.4 Å². The molecule has 174 valence electrons. The van der Waals surface area contributed by atoms with Gasteiger partial charge in [0.25, 0.3) is 5.91 Å². The highest BCUT2D eigenvalue weighted by atomic mass is 19.4. The Morgan fingerprint density at radius 3 is 2.67 bits per heavy atom. The van der Waals surface area contributed by atoms with Crippen molar-refractivity contribution in [1.29, 1.82) is 0 Å². The van der Waals surface area contributed by atoms with Crippen molar-refractivity contribution in [3.05, 3.63) is 46.6 Å². The lowest BCUT2D eigenvalue weighted by molar-refractivity contribution is -0.143. The first kappa shape index (κ1) is 21.3. The van der Waals surface area contributed by atoms with Crippen LogP contribution in [0.5, 0.6) is 5.75 Å². The molecule has 3 aromatic heterocycles. The molecular weight excluding hydrogens is 441 g/mol. The summed E-state index contributed by atoms with van der Waals surface area (Å²) < 4.78 is 45.4. The third-order valence-electron chi connectivity index (χ3n) is 5.76. The van der Waals surface area contributed by atoms with Crippen molar-refractivity contribution in [2.45, 2.75) is 32.0 Å². The molecule has 2 aliphatic rings. The van der Waals surface area contributed by atoms with Crippen molar-refractivity contribution in [2.24, 2.45) is 0 Å². The zero-order valence-corrected chi connectivity index (χ0v) is 17.6. The van der Waals surface area contributed by atoms with E-state index in [9.17, 15) is 22.8 Å². The van der Waals surface area contributed by atoms with Crippen molar-refractivity contribution < 1.29 is 22.7 Å². The Bertz CT molecular complexity index is 1260. The number of alkyl halides is 3. The lowest BCUT2D eigenvalue weighted by Crippen LogP contribution is -2.36. The van der Waals surface area contributed by atoms with Crippen molar-refractivity contribution >= 4 is 23.1 Å². The number of likely N-dealkylation sites (tertiary alicyclic amines) is 1. The molecule has 9 nitrogen and oxygen atoms in total. The normalized spacial score (nSPS) is 16.6. The van der Waals surface area contributed by atoms with Crippen LogP contribution < -0.4 is 15.3 Å². The smallest absolute Gasteiger partial charge is 0.408 e. The molecule has 0 unspecified atom stereocenters. The van der Waals surface area contributed by atoms with Gasteiger partial charge >= 0.3 is 11.9 Å². The van der Waals surface area contributed by atoms with E-state index >= 15 is 0 Å². The van der Waals surface area contributed by atoms with E-state index in [4.69, 9.17) is 4.74 Å². The second-order valence-electron chi connectivity index (χ2n) is 8.07. The number of aromatic nitrogens is 4. The van der Waals surface area contributed by atoms with Crippen LogP contribution in [-0.4, -0.2) is 62.4 Å².